The van der Waals surface area contributed by atoms with Crippen molar-refractivity contribution in [1.82, 2.24) is 14.9 Å². The number of halogens is 1. The number of carbonyl (C=O) groups is 1. The van der Waals surface area contributed by atoms with E-state index in [9.17, 15) is 4.79 Å². The van der Waals surface area contributed by atoms with E-state index in [1.54, 1.807) is 12.1 Å². The van der Waals surface area contributed by atoms with Crippen LogP contribution in [-0.2, 0) is 13.1 Å². The number of carbonyl (C=O) groups excluding carboxylic acids is 1. The van der Waals surface area contributed by atoms with Crippen molar-refractivity contribution in [3.8, 4) is 0 Å². The number of imidazole rings is 1. The lowest BCUT2D eigenvalue weighted by atomic mass is 10.1. The predicted octanol–water partition coefficient (Wildman–Crippen LogP) is 4.78. The second-order valence-electron chi connectivity index (χ2n) is 6.37. The molecule has 0 saturated heterocycles. The van der Waals surface area contributed by atoms with Crippen LogP contribution in [0, 0.1) is 0 Å². The SMILES string of the molecule is O=C(NCc1cccc(Cn2cnc3ccccc32)c1)c1ccc(Br)cc1. The quantitative estimate of drug-likeness (QED) is 0.505. The molecule has 0 aliphatic heterocycles. The molecular formula is C22H18BrN3O. The minimum atomic E-state index is -0.0755. The van der Waals surface area contributed by atoms with Crippen LogP contribution in [0.4, 0.5) is 0 Å². The van der Waals surface area contributed by atoms with Crippen molar-refractivity contribution in [2.45, 2.75) is 13.1 Å². The van der Waals surface area contributed by atoms with Crippen molar-refractivity contribution >= 4 is 32.9 Å². The zero-order valence-electron chi connectivity index (χ0n) is 14.6. The van der Waals surface area contributed by atoms with Gasteiger partial charge >= 0.3 is 0 Å². The van der Waals surface area contributed by atoms with Gasteiger partial charge in [-0.2, -0.15) is 0 Å². The Morgan fingerprint density at radius 1 is 0.963 bits per heavy atom. The number of hydrogen-bond donors (Lipinski definition) is 1. The Labute approximate surface area is 166 Å². The van der Waals surface area contributed by atoms with E-state index in [1.165, 1.54) is 5.56 Å². The maximum Gasteiger partial charge on any atom is 0.251 e. The third-order valence-electron chi connectivity index (χ3n) is 4.43. The standard InChI is InChI=1S/C22H18BrN3O/c23-19-10-8-18(9-11-19)22(27)24-13-16-4-3-5-17(12-16)14-26-15-25-20-6-1-2-7-21(20)26/h1-12,15H,13-14H2,(H,24,27). The topological polar surface area (TPSA) is 46.9 Å². The van der Waals surface area contributed by atoms with Crippen LogP contribution in [0.3, 0.4) is 0 Å². The molecule has 0 fully saturated rings. The molecule has 1 heterocycles. The molecular weight excluding hydrogens is 402 g/mol. The average molecular weight is 420 g/mol. The third kappa shape index (κ3) is 4.09. The van der Waals surface area contributed by atoms with Gasteiger partial charge in [-0.3, -0.25) is 4.79 Å². The summed E-state index contributed by atoms with van der Waals surface area (Å²) in [4.78, 5) is 16.7. The Morgan fingerprint density at radius 3 is 2.59 bits per heavy atom. The second kappa shape index (κ2) is 7.76. The number of rotatable bonds is 5. The van der Waals surface area contributed by atoms with E-state index in [4.69, 9.17) is 0 Å². The van der Waals surface area contributed by atoms with Crippen molar-refractivity contribution in [2.75, 3.05) is 0 Å². The fourth-order valence-corrected chi connectivity index (χ4v) is 3.32. The number of hydrogen-bond acceptors (Lipinski definition) is 2. The van der Waals surface area contributed by atoms with Crippen molar-refractivity contribution in [3.05, 3.63) is 100 Å². The van der Waals surface area contributed by atoms with Crippen molar-refractivity contribution in [3.63, 3.8) is 0 Å². The summed E-state index contributed by atoms with van der Waals surface area (Å²) in [6, 6.07) is 23.7. The highest BCUT2D eigenvalue weighted by Crippen LogP contribution is 2.15. The van der Waals surface area contributed by atoms with E-state index in [1.807, 2.05) is 48.8 Å². The Balaban J connectivity index is 1.44. The molecule has 1 aromatic heterocycles. The lowest BCUT2D eigenvalue weighted by molar-refractivity contribution is 0.0951. The van der Waals surface area contributed by atoms with Crippen LogP contribution < -0.4 is 5.32 Å². The first-order chi connectivity index (χ1) is 13.2. The Kier molecular flexibility index (Phi) is 5.03. The molecule has 0 aliphatic carbocycles. The maximum absolute atomic E-state index is 12.3. The molecule has 1 N–H and O–H groups in total. The first-order valence-corrected chi connectivity index (χ1v) is 9.50. The molecule has 4 rings (SSSR count). The van der Waals surface area contributed by atoms with E-state index < -0.39 is 0 Å². The van der Waals surface area contributed by atoms with Gasteiger partial charge in [-0.25, -0.2) is 4.98 Å². The van der Waals surface area contributed by atoms with Gasteiger partial charge in [0.2, 0.25) is 0 Å². The summed E-state index contributed by atoms with van der Waals surface area (Å²) < 4.78 is 3.09. The highest BCUT2D eigenvalue weighted by molar-refractivity contribution is 9.10. The number of benzene rings is 3. The van der Waals surface area contributed by atoms with Crippen molar-refractivity contribution < 1.29 is 4.79 Å². The summed E-state index contributed by atoms with van der Waals surface area (Å²) in [5, 5.41) is 2.98. The fourth-order valence-electron chi connectivity index (χ4n) is 3.06. The van der Waals surface area contributed by atoms with Crippen LogP contribution in [-0.4, -0.2) is 15.5 Å². The van der Waals surface area contributed by atoms with E-state index in [0.717, 1.165) is 27.6 Å². The molecule has 4 nitrogen and oxygen atoms in total. The van der Waals surface area contributed by atoms with Crippen LogP contribution >= 0.6 is 15.9 Å². The lowest BCUT2D eigenvalue weighted by Crippen LogP contribution is -2.22. The van der Waals surface area contributed by atoms with Gasteiger partial charge in [0.25, 0.3) is 5.91 Å². The van der Waals surface area contributed by atoms with E-state index in [-0.39, 0.29) is 5.91 Å². The molecule has 0 bridgehead atoms. The van der Waals surface area contributed by atoms with Crippen LogP contribution in [0.5, 0.6) is 0 Å². The van der Waals surface area contributed by atoms with Crippen molar-refractivity contribution in [2.24, 2.45) is 0 Å². The molecule has 0 spiro atoms. The Hall–Kier alpha value is -2.92. The molecule has 0 saturated carbocycles. The largest absolute Gasteiger partial charge is 0.348 e. The molecule has 3 aromatic carbocycles. The maximum atomic E-state index is 12.3. The van der Waals surface area contributed by atoms with Gasteiger partial charge in [0, 0.05) is 23.1 Å². The highest BCUT2D eigenvalue weighted by atomic mass is 79.9. The van der Waals surface area contributed by atoms with E-state index >= 15 is 0 Å². The summed E-state index contributed by atoms with van der Waals surface area (Å²) in [7, 11) is 0. The molecule has 0 aliphatic rings. The van der Waals surface area contributed by atoms with Crippen LogP contribution in [0.25, 0.3) is 11.0 Å². The Bertz CT molecular complexity index is 1090. The molecule has 4 aromatic rings. The number of aromatic nitrogens is 2. The minimum absolute atomic E-state index is 0.0755. The molecule has 5 heteroatoms. The normalized spacial score (nSPS) is 10.9. The van der Waals surface area contributed by atoms with Gasteiger partial charge in [-0.1, -0.05) is 52.3 Å². The van der Waals surface area contributed by atoms with Gasteiger partial charge in [-0.15, -0.1) is 0 Å². The smallest absolute Gasteiger partial charge is 0.251 e. The predicted molar refractivity (Wildman–Crippen MR) is 111 cm³/mol. The number of amides is 1. The first kappa shape index (κ1) is 17.5. The Morgan fingerprint density at radius 2 is 1.74 bits per heavy atom. The van der Waals surface area contributed by atoms with Crippen LogP contribution in [0.15, 0.2) is 83.6 Å². The van der Waals surface area contributed by atoms with Gasteiger partial charge in [0.05, 0.1) is 17.4 Å². The zero-order chi connectivity index (χ0) is 18.6. The number of para-hydroxylation sites is 2. The molecule has 0 unspecified atom stereocenters. The van der Waals surface area contributed by atoms with E-state index in [0.29, 0.717) is 12.1 Å². The molecule has 0 atom stereocenters. The number of nitrogens with one attached hydrogen (secondary N) is 1. The van der Waals surface area contributed by atoms with Gasteiger partial charge in [0.1, 0.15) is 0 Å². The summed E-state index contributed by atoms with van der Waals surface area (Å²) in [6.45, 7) is 1.24. The summed E-state index contributed by atoms with van der Waals surface area (Å²) in [5.41, 5.74) is 5.01. The molecule has 134 valence electrons. The molecule has 1 amide bonds. The van der Waals surface area contributed by atoms with Crippen molar-refractivity contribution in [1.29, 1.82) is 0 Å². The second-order valence-corrected chi connectivity index (χ2v) is 7.29. The number of nitrogens with zero attached hydrogens (tertiary/aromatic N) is 2. The zero-order valence-corrected chi connectivity index (χ0v) is 16.2. The number of fused-ring (bicyclic) bond motifs is 1. The van der Waals surface area contributed by atoms with Gasteiger partial charge in [-0.05, 0) is 47.5 Å². The minimum Gasteiger partial charge on any atom is -0.348 e. The highest BCUT2D eigenvalue weighted by Gasteiger charge is 2.06. The summed E-state index contributed by atoms with van der Waals surface area (Å²) in [5.74, 6) is -0.0755. The van der Waals surface area contributed by atoms with Gasteiger partial charge in [0.15, 0.2) is 0 Å². The van der Waals surface area contributed by atoms with E-state index in [2.05, 4.69) is 49.0 Å². The third-order valence-corrected chi connectivity index (χ3v) is 4.96. The first-order valence-electron chi connectivity index (χ1n) is 8.70. The van der Waals surface area contributed by atoms with Crippen LogP contribution in [0.1, 0.15) is 21.5 Å². The average Bonchev–Trinajstić information content (AvgIpc) is 3.10. The summed E-state index contributed by atoms with van der Waals surface area (Å²) >= 11 is 3.38. The summed E-state index contributed by atoms with van der Waals surface area (Å²) in [6.07, 6.45) is 1.87. The van der Waals surface area contributed by atoms with Crippen LogP contribution in [0.2, 0.25) is 0 Å². The fraction of sp³-hybridized carbons (Fsp3) is 0.0909. The monoisotopic (exact) mass is 419 g/mol. The lowest BCUT2D eigenvalue weighted by Gasteiger charge is -2.09. The molecule has 27 heavy (non-hydrogen) atoms. The molecule has 0 radical (unpaired) electrons. The van der Waals surface area contributed by atoms with Gasteiger partial charge < -0.3 is 9.88 Å².